The standard InChI is InChI=1S/C13H10Cl2N4O/c1-6-9(5-17-18-6)12-11(13(16)19-20-12)8-3-2-7(14)4-10(8)15/h2-5H,1H3,(H2,16,19)(H,17,18). The van der Waals surface area contributed by atoms with Gasteiger partial charge in [-0.2, -0.15) is 5.10 Å². The van der Waals surface area contributed by atoms with Crippen LogP contribution in [0.5, 0.6) is 0 Å². The van der Waals surface area contributed by atoms with Crippen LogP contribution in [0.15, 0.2) is 28.9 Å². The summed E-state index contributed by atoms with van der Waals surface area (Å²) in [6.45, 7) is 1.88. The highest BCUT2D eigenvalue weighted by atomic mass is 35.5. The molecule has 1 aromatic carbocycles. The number of nitrogen functional groups attached to an aromatic ring is 1. The first kappa shape index (κ1) is 13.0. The normalized spacial score (nSPS) is 10.9. The molecule has 0 aliphatic carbocycles. The molecular weight excluding hydrogens is 299 g/mol. The van der Waals surface area contributed by atoms with Crippen molar-refractivity contribution in [2.45, 2.75) is 6.92 Å². The van der Waals surface area contributed by atoms with Crippen molar-refractivity contribution in [2.75, 3.05) is 5.73 Å². The zero-order chi connectivity index (χ0) is 14.3. The van der Waals surface area contributed by atoms with Gasteiger partial charge in [0.2, 0.25) is 0 Å². The first-order chi connectivity index (χ1) is 9.58. The average molecular weight is 309 g/mol. The molecular formula is C13H10Cl2N4O. The van der Waals surface area contributed by atoms with E-state index >= 15 is 0 Å². The number of halogens is 2. The topological polar surface area (TPSA) is 80.7 Å². The molecule has 3 N–H and O–H groups in total. The second kappa shape index (κ2) is 4.85. The van der Waals surface area contributed by atoms with E-state index in [0.717, 1.165) is 11.3 Å². The van der Waals surface area contributed by atoms with Gasteiger partial charge in [0.1, 0.15) is 0 Å². The Labute approximate surface area is 124 Å². The molecule has 5 nitrogen and oxygen atoms in total. The van der Waals surface area contributed by atoms with E-state index in [1.54, 1.807) is 24.4 Å². The SMILES string of the molecule is Cc1[nH]ncc1-c1onc(N)c1-c1ccc(Cl)cc1Cl. The zero-order valence-electron chi connectivity index (χ0n) is 10.4. The minimum atomic E-state index is 0.268. The number of anilines is 1. The molecule has 2 heterocycles. The molecule has 7 heteroatoms. The molecule has 3 aromatic rings. The van der Waals surface area contributed by atoms with Crippen LogP contribution < -0.4 is 5.73 Å². The number of aromatic amines is 1. The van der Waals surface area contributed by atoms with E-state index in [0.29, 0.717) is 26.9 Å². The molecule has 0 aliphatic rings. The molecule has 0 unspecified atom stereocenters. The molecule has 3 rings (SSSR count). The Hall–Kier alpha value is -1.98. The van der Waals surface area contributed by atoms with Crippen LogP contribution >= 0.6 is 23.2 Å². The maximum absolute atomic E-state index is 6.23. The zero-order valence-corrected chi connectivity index (χ0v) is 12.0. The summed E-state index contributed by atoms with van der Waals surface area (Å²) in [5.41, 5.74) is 8.90. The fourth-order valence-corrected chi connectivity index (χ4v) is 2.52. The van der Waals surface area contributed by atoms with Crippen molar-refractivity contribution in [1.29, 1.82) is 0 Å². The lowest BCUT2D eigenvalue weighted by molar-refractivity contribution is 0.436. The highest BCUT2D eigenvalue weighted by Crippen LogP contribution is 2.41. The number of nitrogens with one attached hydrogen (secondary N) is 1. The lowest BCUT2D eigenvalue weighted by atomic mass is 10.0. The monoisotopic (exact) mass is 308 g/mol. The predicted molar refractivity (Wildman–Crippen MR) is 78.7 cm³/mol. The van der Waals surface area contributed by atoms with Gasteiger partial charge in [0.15, 0.2) is 11.6 Å². The number of hydrogen-bond acceptors (Lipinski definition) is 4. The van der Waals surface area contributed by atoms with Gasteiger partial charge in [0.25, 0.3) is 0 Å². The molecule has 20 heavy (non-hydrogen) atoms. The summed E-state index contributed by atoms with van der Waals surface area (Å²) < 4.78 is 5.33. The molecule has 2 aromatic heterocycles. The smallest absolute Gasteiger partial charge is 0.180 e. The van der Waals surface area contributed by atoms with Gasteiger partial charge in [-0.15, -0.1) is 0 Å². The molecule has 0 amide bonds. The van der Waals surface area contributed by atoms with Crippen LogP contribution in [0.4, 0.5) is 5.82 Å². The molecule has 102 valence electrons. The minimum absolute atomic E-state index is 0.268. The summed E-state index contributed by atoms with van der Waals surface area (Å²) >= 11 is 12.1. The number of aromatic nitrogens is 3. The first-order valence-electron chi connectivity index (χ1n) is 5.79. The molecule has 0 aliphatic heterocycles. The van der Waals surface area contributed by atoms with E-state index in [2.05, 4.69) is 15.4 Å². The Morgan fingerprint density at radius 1 is 1.25 bits per heavy atom. The molecule has 0 saturated heterocycles. The number of hydrogen-bond donors (Lipinski definition) is 2. The van der Waals surface area contributed by atoms with Gasteiger partial charge in [-0.3, -0.25) is 5.10 Å². The van der Waals surface area contributed by atoms with E-state index in [4.69, 9.17) is 33.5 Å². The lowest BCUT2D eigenvalue weighted by Gasteiger charge is -2.05. The third-order valence-corrected chi connectivity index (χ3v) is 3.54. The summed E-state index contributed by atoms with van der Waals surface area (Å²) in [4.78, 5) is 0. The average Bonchev–Trinajstić information content (AvgIpc) is 2.96. The van der Waals surface area contributed by atoms with Crippen molar-refractivity contribution in [3.8, 4) is 22.5 Å². The molecule has 0 atom stereocenters. The van der Waals surface area contributed by atoms with Crippen molar-refractivity contribution in [3.05, 3.63) is 40.1 Å². The lowest BCUT2D eigenvalue weighted by Crippen LogP contribution is -1.90. The molecule has 0 bridgehead atoms. The molecule has 0 saturated carbocycles. The van der Waals surface area contributed by atoms with Gasteiger partial charge in [-0.1, -0.05) is 34.4 Å². The van der Waals surface area contributed by atoms with Crippen molar-refractivity contribution < 1.29 is 4.52 Å². The summed E-state index contributed by atoms with van der Waals surface area (Å²) in [6, 6.07) is 5.17. The maximum atomic E-state index is 6.23. The van der Waals surface area contributed by atoms with E-state index in [1.165, 1.54) is 0 Å². The Bertz CT molecular complexity index is 779. The summed E-state index contributed by atoms with van der Waals surface area (Å²) in [6.07, 6.45) is 1.66. The first-order valence-corrected chi connectivity index (χ1v) is 6.54. The number of rotatable bonds is 2. The van der Waals surface area contributed by atoms with Crippen molar-refractivity contribution in [3.63, 3.8) is 0 Å². The highest BCUT2D eigenvalue weighted by Gasteiger charge is 2.21. The second-order valence-electron chi connectivity index (χ2n) is 4.30. The van der Waals surface area contributed by atoms with Crippen LogP contribution in [0.25, 0.3) is 22.5 Å². The largest absolute Gasteiger partial charge is 0.380 e. The van der Waals surface area contributed by atoms with E-state index < -0.39 is 0 Å². The third-order valence-electron chi connectivity index (χ3n) is 2.99. The van der Waals surface area contributed by atoms with Crippen LogP contribution in [0.2, 0.25) is 10.0 Å². The summed E-state index contributed by atoms with van der Waals surface area (Å²) in [7, 11) is 0. The predicted octanol–water partition coefficient (Wildman–Crippen LogP) is 3.93. The Morgan fingerprint density at radius 2 is 2.05 bits per heavy atom. The minimum Gasteiger partial charge on any atom is -0.380 e. The van der Waals surface area contributed by atoms with Gasteiger partial charge in [-0.05, 0) is 19.1 Å². The Kier molecular flexibility index (Phi) is 3.16. The van der Waals surface area contributed by atoms with Crippen molar-refractivity contribution in [1.82, 2.24) is 15.4 Å². The number of H-pyrrole nitrogens is 1. The fraction of sp³-hybridized carbons (Fsp3) is 0.0769. The van der Waals surface area contributed by atoms with Gasteiger partial charge < -0.3 is 10.3 Å². The van der Waals surface area contributed by atoms with Crippen LogP contribution in [-0.4, -0.2) is 15.4 Å². The van der Waals surface area contributed by atoms with Crippen LogP contribution in [0.1, 0.15) is 5.69 Å². The Balaban J connectivity index is 2.24. The molecule has 0 spiro atoms. The molecule has 0 radical (unpaired) electrons. The fourth-order valence-electron chi connectivity index (χ4n) is 2.02. The second-order valence-corrected chi connectivity index (χ2v) is 5.15. The van der Waals surface area contributed by atoms with E-state index in [1.807, 2.05) is 6.92 Å². The number of benzene rings is 1. The maximum Gasteiger partial charge on any atom is 0.180 e. The third kappa shape index (κ3) is 2.05. The number of nitrogens with zero attached hydrogens (tertiary/aromatic N) is 2. The Morgan fingerprint density at radius 3 is 2.70 bits per heavy atom. The summed E-state index contributed by atoms with van der Waals surface area (Å²) in [5.74, 6) is 0.794. The van der Waals surface area contributed by atoms with Gasteiger partial charge in [0.05, 0.1) is 22.3 Å². The van der Waals surface area contributed by atoms with E-state index in [-0.39, 0.29) is 5.82 Å². The number of aryl methyl sites for hydroxylation is 1. The van der Waals surface area contributed by atoms with Gasteiger partial charge in [-0.25, -0.2) is 0 Å². The van der Waals surface area contributed by atoms with Gasteiger partial charge >= 0.3 is 0 Å². The number of nitrogens with two attached hydrogens (primary N) is 1. The van der Waals surface area contributed by atoms with Crippen LogP contribution in [-0.2, 0) is 0 Å². The van der Waals surface area contributed by atoms with E-state index in [9.17, 15) is 0 Å². The van der Waals surface area contributed by atoms with Gasteiger partial charge in [0, 0.05) is 16.3 Å². The van der Waals surface area contributed by atoms with Crippen molar-refractivity contribution >= 4 is 29.0 Å². The summed E-state index contributed by atoms with van der Waals surface area (Å²) in [5, 5.41) is 11.7. The quantitative estimate of drug-likeness (QED) is 0.751. The molecule has 0 fully saturated rings. The van der Waals surface area contributed by atoms with Crippen molar-refractivity contribution in [2.24, 2.45) is 0 Å². The van der Waals surface area contributed by atoms with Crippen LogP contribution in [0, 0.1) is 6.92 Å². The van der Waals surface area contributed by atoms with Crippen LogP contribution in [0.3, 0.4) is 0 Å². The highest BCUT2D eigenvalue weighted by molar-refractivity contribution is 6.36.